The molecule has 0 bridgehead atoms. The average molecular weight is 288 g/mol. The molecule has 0 aromatic carbocycles. The molecule has 98 valence electrons. The van der Waals surface area contributed by atoms with Crippen LogP contribution in [0.25, 0.3) is 0 Å². The first-order chi connectivity index (χ1) is 8.61. The van der Waals surface area contributed by atoms with E-state index in [1.807, 2.05) is 64.6 Å². The standard InChI is InChI=1S/2C7H8O.Fe.O/c2*1-6(8)7-4-2-3-5-7;;/h2*2-5,8H,1H3;;. The van der Waals surface area contributed by atoms with Crippen molar-refractivity contribution in [3.8, 4) is 0 Å². The van der Waals surface area contributed by atoms with Crippen LogP contribution < -0.4 is 0 Å². The van der Waals surface area contributed by atoms with Gasteiger partial charge in [0.15, 0.2) is 0 Å². The minimum absolute atomic E-state index is 0.384. The molecule has 18 heavy (non-hydrogen) atoms. The van der Waals surface area contributed by atoms with Crippen LogP contribution in [0, 0.1) is 0 Å². The van der Waals surface area contributed by atoms with Crippen LogP contribution >= 0.6 is 0 Å². The number of hydrogen-bond acceptors (Lipinski definition) is 3. The zero-order valence-corrected chi connectivity index (χ0v) is 11.4. The van der Waals surface area contributed by atoms with Crippen molar-refractivity contribution in [1.82, 2.24) is 0 Å². The first-order valence-corrected chi connectivity index (χ1v) is 5.70. The Morgan fingerprint density at radius 2 is 1.00 bits per heavy atom. The minimum atomic E-state index is 0.384. The van der Waals surface area contributed by atoms with Crippen LogP contribution in [-0.2, 0) is 19.8 Å². The second-order valence-electron chi connectivity index (χ2n) is 3.52. The molecule has 0 saturated heterocycles. The van der Waals surface area contributed by atoms with Crippen LogP contribution in [0.3, 0.4) is 0 Å². The zero-order chi connectivity index (χ0) is 14.0. The number of allylic oxidation sites excluding steroid dienone is 12. The Hall–Kier alpha value is -1.64. The third kappa shape index (κ3) is 6.18. The van der Waals surface area contributed by atoms with Gasteiger partial charge in [-0.05, 0) is 13.8 Å². The summed E-state index contributed by atoms with van der Waals surface area (Å²) >= 11 is 2.00. The van der Waals surface area contributed by atoms with Gasteiger partial charge in [-0.25, -0.2) is 0 Å². The molecule has 0 radical (unpaired) electrons. The van der Waals surface area contributed by atoms with Crippen LogP contribution in [0.15, 0.2) is 71.3 Å². The van der Waals surface area contributed by atoms with Crippen LogP contribution in [0.5, 0.6) is 0 Å². The summed E-state index contributed by atoms with van der Waals surface area (Å²) in [7, 11) is 0. The van der Waals surface area contributed by atoms with E-state index in [9.17, 15) is 0 Å². The molecule has 3 nitrogen and oxygen atoms in total. The third-order valence-electron chi connectivity index (χ3n) is 2.16. The molecule has 0 fully saturated rings. The molecule has 0 aliphatic heterocycles. The van der Waals surface area contributed by atoms with Crippen molar-refractivity contribution in [2.75, 3.05) is 0 Å². The van der Waals surface area contributed by atoms with E-state index in [0.29, 0.717) is 11.5 Å². The molecular formula is C14H16FeO3. The zero-order valence-electron chi connectivity index (χ0n) is 10.3. The summed E-state index contributed by atoms with van der Waals surface area (Å²) in [4.78, 5) is 0. The fraction of sp³-hybridized carbons (Fsp3) is 0.143. The van der Waals surface area contributed by atoms with Crippen molar-refractivity contribution >= 4 is 0 Å². The van der Waals surface area contributed by atoms with Crippen molar-refractivity contribution in [1.29, 1.82) is 0 Å². The number of rotatable bonds is 0. The molecular weight excluding hydrogens is 272 g/mol. The molecule has 0 unspecified atom stereocenters. The number of hydrogen-bond donors (Lipinski definition) is 2. The van der Waals surface area contributed by atoms with E-state index in [1.54, 1.807) is 13.8 Å². The summed E-state index contributed by atoms with van der Waals surface area (Å²) < 4.78 is 8.00. The first-order valence-electron chi connectivity index (χ1n) is 5.25. The molecule has 2 aliphatic carbocycles. The van der Waals surface area contributed by atoms with E-state index >= 15 is 0 Å². The van der Waals surface area contributed by atoms with Gasteiger partial charge >= 0.3 is 19.8 Å². The van der Waals surface area contributed by atoms with Crippen molar-refractivity contribution in [2.45, 2.75) is 13.8 Å². The van der Waals surface area contributed by atoms with E-state index < -0.39 is 0 Å². The molecule has 4 heteroatoms. The van der Waals surface area contributed by atoms with Gasteiger partial charge in [0.1, 0.15) is 0 Å². The van der Waals surface area contributed by atoms with Gasteiger partial charge in [-0.2, -0.15) is 0 Å². The molecule has 0 atom stereocenters. The second kappa shape index (κ2) is 9.40. The van der Waals surface area contributed by atoms with Crippen LogP contribution in [0.1, 0.15) is 13.8 Å². The average Bonchev–Trinajstić information content (AvgIpc) is 3.06. The van der Waals surface area contributed by atoms with Gasteiger partial charge in [-0.1, -0.05) is 48.6 Å². The fourth-order valence-electron chi connectivity index (χ4n) is 1.23. The fourth-order valence-corrected chi connectivity index (χ4v) is 1.23. The predicted octanol–water partition coefficient (Wildman–Crippen LogP) is 3.77. The van der Waals surface area contributed by atoms with E-state index in [0.717, 1.165) is 11.1 Å². The van der Waals surface area contributed by atoms with Gasteiger partial charge in [0.25, 0.3) is 0 Å². The van der Waals surface area contributed by atoms with Crippen molar-refractivity contribution in [2.24, 2.45) is 0 Å². The Kier molecular flexibility index (Phi) is 8.54. The summed E-state index contributed by atoms with van der Waals surface area (Å²) in [5, 5.41) is 17.7. The van der Waals surface area contributed by atoms with Crippen LogP contribution in [0.2, 0.25) is 0 Å². The molecule has 0 heterocycles. The topological polar surface area (TPSA) is 57.5 Å². The molecule has 0 spiro atoms. The van der Waals surface area contributed by atoms with Gasteiger partial charge in [0.05, 0.1) is 11.5 Å². The molecule has 0 amide bonds. The van der Waals surface area contributed by atoms with Crippen LogP contribution in [0.4, 0.5) is 0 Å². The third-order valence-corrected chi connectivity index (χ3v) is 2.16. The van der Waals surface area contributed by atoms with Gasteiger partial charge in [-0.15, -0.1) is 0 Å². The summed E-state index contributed by atoms with van der Waals surface area (Å²) in [6.45, 7) is 3.35. The molecule has 2 aliphatic rings. The van der Waals surface area contributed by atoms with Crippen LogP contribution in [-0.4, -0.2) is 10.2 Å². The molecule has 2 rings (SSSR count). The summed E-state index contributed by atoms with van der Waals surface area (Å²) in [5.74, 6) is 0.769. The normalized spacial score (nSPS) is 13.9. The Labute approximate surface area is 115 Å². The SMILES string of the molecule is CC(O)=C1C=CC=C1.CC(O)=C1C=CC=C1.[O]=[Fe]. The number of aliphatic hydroxyl groups is 2. The van der Waals surface area contributed by atoms with E-state index in [4.69, 9.17) is 14.0 Å². The van der Waals surface area contributed by atoms with E-state index in [2.05, 4.69) is 0 Å². The number of aliphatic hydroxyl groups excluding tert-OH is 2. The molecule has 0 aromatic rings. The van der Waals surface area contributed by atoms with Gasteiger partial charge in [-0.3, -0.25) is 0 Å². The Morgan fingerprint density at radius 3 is 1.11 bits per heavy atom. The summed E-state index contributed by atoms with van der Waals surface area (Å²) in [6.07, 6.45) is 15.1. The van der Waals surface area contributed by atoms with Gasteiger partial charge in [0, 0.05) is 11.1 Å². The maximum absolute atomic E-state index is 8.83. The van der Waals surface area contributed by atoms with Crippen molar-refractivity contribution < 1.29 is 30.0 Å². The Bertz CT molecular complexity index is 374. The second-order valence-corrected chi connectivity index (χ2v) is 3.52. The molecule has 2 N–H and O–H groups in total. The monoisotopic (exact) mass is 288 g/mol. The summed E-state index contributed by atoms with van der Waals surface area (Å²) in [6, 6.07) is 0. The quantitative estimate of drug-likeness (QED) is 0.527. The molecule has 0 aromatic heterocycles. The maximum atomic E-state index is 8.83. The Balaban J connectivity index is 0.000000283. The van der Waals surface area contributed by atoms with Crippen molar-refractivity contribution in [3.05, 3.63) is 71.3 Å². The molecule has 0 saturated carbocycles. The summed E-state index contributed by atoms with van der Waals surface area (Å²) in [5.41, 5.74) is 1.81. The van der Waals surface area contributed by atoms with E-state index in [-0.39, 0.29) is 0 Å². The first kappa shape index (κ1) is 16.4. The van der Waals surface area contributed by atoms with Gasteiger partial charge in [0.2, 0.25) is 0 Å². The van der Waals surface area contributed by atoms with E-state index in [1.165, 1.54) is 0 Å². The Morgan fingerprint density at radius 1 is 0.778 bits per heavy atom. The van der Waals surface area contributed by atoms with Crippen molar-refractivity contribution in [3.63, 3.8) is 0 Å². The predicted molar refractivity (Wildman–Crippen MR) is 67.9 cm³/mol. The van der Waals surface area contributed by atoms with Gasteiger partial charge < -0.3 is 10.2 Å².